The molecule has 21 heavy (non-hydrogen) atoms. The van der Waals surface area contributed by atoms with Crippen molar-refractivity contribution in [3.05, 3.63) is 58.7 Å². The van der Waals surface area contributed by atoms with Gasteiger partial charge in [-0.3, -0.25) is 4.98 Å². The molecule has 0 unspecified atom stereocenters. The van der Waals surface area contributed by atoms with Crippen molar-refractivity contribution in [1.82, 2.24) is 4.98 Å². The Kier molecular flexibility index (Phi) is 3.46. The van der Waals surface area contributed by atoms with Crippen molar-refractivity contribution in [2.75, 3.05) is 5.73 Å². The van der Waals surface area contributed by atoms with E-state index in [-0.39, 0.29) is 0 Å². The quantitative estimate of drug-likeness (QED) is 0.708. The van der Waals surface area contributed by atoms with Gasteiger partial charge < -0.3 is 10.5 Å². The van der Waals surface area contributed by atoms with Crippen LogP contribution in [-0.4, -0.2) is 4.98 Å². The molecular formula is C16H10BrN3O. The average molecular weight is 340 g/mol. The number of fused-ring (bicyclic) bond motifs is 1. The van der Waals surface area contributed by atoms with Crippen LogP contribution in [-0.2, 0) is 0 Å². The van der Waals surface area contributed by atoms with Gasteiger partial charge in [-0.2, -0.15) is 5.26 Å². The molecular weight excluding hydrogens is 330 g/mol. The normalized spacial score (nSPS) is 10.3. The first kappa shape index (κ1) is 13.4. The smallest absolute Gasteiger partial charge is 0.156 e. The number of nitrogens with two attached hydrogens (primary N) is 1. The maximum atomic E-state index is 9.27. The Morgan fingerprint density at radius 2 is 1.95 bits per heavy atom. The monoisotopic (exact) mass is 339 g/mol. The Hall–Kier alpha value is -2.58. The van der Waals surface area contributed by atoms with Crippen molar-refractivity contribution in [2.24, 2.45) is 0 Å². The summed E-state index contributed by atoms with van der Waals surface area (Å²) in [5.41, 5.74) is 7.57. The predicted molar refractivity (Wildman–Crippen MR) is 85.1 cm³/mol. The minimum absolute atomic E-state index is 0.378. The van der Waals surface area contributed by atoms with E-state index in [9.17, 15) is 5.26 Å². The lowest BCUT2D eigenvalue weighted by molar-refractivity contribution is 0.483. The molecule has 3 aromatic rings. The second-order valence-electron chi connectivity index (χ2n) is 4.39. The van der Waals surface area contributed by atoms with Gasteiger partial charge in [0.25, 0.3) is 0 Å². The highest BCUT2D eigenvalue weighted by molar-refractivity contribution is 9.10. The van der Waals surface area contributed by atoms with Gasteiger partial charge in [0, 0.05) is 17.3 Å². The lowest BCUT2D eigenvalue weighted by Crippen LogP contribution is -1.94. The third-order valence-electron chi connectivity index (χ3n) is 3.05. The Bertz CT molecular complexity index is 871. The van der Waals surface area contributed by atoms with Gasteiger partial charge in [0.15, 0.2) is 5.75 Å². The molecule has 1 aromatic heterocycles. The van der Waals surface area contributed by atoms with Gasteiger partial charge in [-0.1, -0.05) is 18.2 Å². The first-order valence-electron chi connectivity index (χ1n) is 6.20. The van der Waals surface area contributed by atoms with Crippen molar-refractivity contribution in [2.45, 2.75) is 0 Å². The number of rotatable bonds is 2. The number of anilines is 1. The molecule has 4 nitrogen and oxygen atoms in total. The van der Waals surface area contributed by atoms with Gasteiger partial charge in [-0.15, -0.1) is 0 Å². The fraction of sp³-hybridized carbons (Fsp3) is 0. The Morgan fingerprint density at radius 3 is 2.76 bits per heavy atom. The Morgan fingerprint density at radius 1 is 1.14 bits per heavy atom. The maximum Gasteiger partial charge on any atom is 0.156 e. The van der Waals surface area contributed by atoms with Crippen LogP contribution in [0.5, 0.6) is 11.5 Å². The second kappa shape index (κ2) is 5.43. The van der Waals surface area contributed by atoms with Crippen LogP contribution >= 0.6 is 15.9 Å². The maximum absolute atomic E-state index is 9.27. The van der Waals surface area contributed by atoms with Crippen molar-refractivity contribution >= 4 is 32.5 Å². The first-order chi connectivity index (χ1) is 10.2. The summed E-state index contributed by atoms with van der Waals surface area (Å²) in [6, 6.07) is 15.0. The highest BCUT2D eigenvalue weighted by atomic mass is 79.9. The second-order valence-corrected chi connectivity index (χ2v) is 5.18. The van der Waals surface area contributed by atoms with Crippen LogP contribution in [0.4, 0.5) is 5.69 Å². The molecule has 0 spiro atoms. The number of aromatic nitrogens is 1. The van der Waals surface area contributed by atoms with Gasteiger partial charge in [0.1, 0.15) is 17.4 Å². The van der Waals surface area contributed by atoms with Crippen LogP contribution < -0.4 is 10.5 Å². The summed E-state index contributed by atoms with van der Waals surface area (Å²) in [4.78, 5) is 4.26. The molecule has 5 heteroatoms. The lowest BCUT2D eigenvalue weighted by atomic mass is 10.1. The summed E-state index contributed by atoms with van der Waals surface area (Å²) in [6.07, 6.45) is 1.51. The molecule has 0 radical (unpaired) electrons. The summed E-state index contributed by atoms with van der Waals surface area (Å²) in [6.45, 7) is 0. The average Bonchev–Trinajstić information content (AvgIpc) is 2.52. The van der Waals surface area contributed by atoms with Gasteiger partial charge in [0.2, 0.25) is 0 Å². The molecule has 0 aliphatic rings. The van der Waals surface area contributed by atoms with Crippen LogP contribution in [0.25, 0.3) is 10.9 Å². The topological polar surface area (TPSA) is 71.9 Å². The van der Waals surface area contributed by atoms with Gasteiger partial charge in [-0.05, 0) is 40.2 Å². The number of nitriles is 1. The van der Waals surface area contributed by atoms with Crippen molar-refractivity contribution in [3.8, 4) is 17.6 Å². The molecule has 0 aliphatic heterocycles. The number of pyridine rings is 1. The van der Waals surface area contributed by atoms with E-state index in [0.717, 1.165) is 10.9 Å². The third-order valence-corrected chi connectivity index (χ3v) is 3.90. The summed E-state index contributed by atoms with van der Waals surface area (Å²) in [7, 11) is 0. The number of hydrogen-bond donors (Lipinski definition) is 1. The number of nitrogens with zero attached hydrogens (tertiary/aromatic N) is 2. The molecule has 0 bridgehead atoms. The highest BCUT2D eigenvalue weighted by Gasteiger charge is 2.13. The number of ether oxygens (including phenoxy) is 1. The van der Waals surface area contributed by atoms with Crippen LogP contribution in [0.2, 0.25) is 0 Å². The zero-order chi connectivity index (χ0) is 14.8. The summed E-state index contributed by atoms with van der Waals surface area (Å²) in [5, 5.41) is 10.1. The van der Waals surface area contributed by atoms with E-state index in [2.05, 4.69) is 27.0 Å². The van der Waals surface area contributed by atoms with E-state index in [1.54, 1.807) is 18.2 Å². The standard InChI is InChI=1S/C16H10BrN3O/c17-15-12(19)5-3-7-14(15)21-16-10(8-18)9-20-13-6-2-1-4-11(13)16/h1-7,9H,19H2. The van der Waals surface area contributed by atoms with E-state index in [4.69, 9.17) is 10.5 Å². The van der Waals surface area contributed by atoms with E-state index < -0.39 is 0 Å². The molecule has 0 aliphatic carbocycles. The highest BCUT2D eigenvalue weighted by Crippen LogP contribution is 2.37. The Labute approximate surface area is 129 Å². The number of nitrogen functional groups attached to an aromatic ring is 1. The SMILES string of the molecule is N#Cc1cnc2ccccc2c1Oc1cccc(N)c1Br. The minimum Gasteiger partial charge on any atom is -0.454 e. The fourth-order valence-electron chi connectivity index (χ4n) is 2.02. The zero-order valence-corrected chi connectivity index (χ0v) is 12.5. The van der Waals surface area contributed by atoms with Crippen molar-refractivity contribution in [1.29, 1.82) is 5.26 Å². The fourth-order valence-corrected chi connectivity index (χ4v) is 2.37. The molecule has 2 aromatic carbocycles. The third kappa shape index (κ3) is 2.41. The molecule has 3 rings (SSSR count). The molecule has 0 amide bonds. The first-order valence-corrected chi connectivity index (χ1v) is 6.99. The van der Waals surface area contributed by atoms with Crippen LogP contribution in [0.15, 0.2) is 53.1 Å². The summed E-state index contributed by atoms with van der Waals surface area (Å²) >= 11 is 3.40. The molecule has 0 saturated heterocycles. The molecule has 2 N–H and O–H groups in total. The molecule has 0 atom stereocenters. The van der Waals surface area contributed by atoms with Crippen LogP contribution in [0.3, 0.4) is 0 Å². The zero-order valence-electron chi connectivity index (χ0n) is 10.9. The largest absolute Gasteiger partial charge is 0.454 e. The van der Waals surface area contributed by atoms with Gasteiger partial charge in [-0.25, -0.2) is 0 Å². The number of para-hydroxylation sites is 1. The molecule has 102 valence electrons. The van der Waals surface area contributed by atoms with E-state index in [0.29, 0.717) is 27.2 Å². The van der Waals surface area contributed by atoms with E-state index in [1.165, 1.54) is 6.20 Å². The number of benzene rings is 2. The predicted octanol–water partition coefficient (Wildman–Crippen LogP) is 4.24. The molecule has 0 fully saturated rings. The summed E-state index contributed by atoms with van der Waals surface area (Å²) < 4.78 is 6.60. The number of hydrogen-bond acceptors (Lipinski definition) is 4. The van der Waals surface area contributed by atoms with Gasteiger partial charge in [0.05, 0.1) is 9.99 Å². The van der Waals surface area contributed by atoms with E-state index in [1.807, 2.05) is 24.3 Å². The molecule has 0 saturated carbocycles. The number of halogens is 1. The van der Waals surface area contributed by atoms with Crippen molar-refractivity contribution in [3.63, 3.8) is 0 Å². The molecule has 1 heterocycles. The van der Waals surface area contributed by atoms with Gasteiger partial charge >= 0.3 is 0 Å². The van der Waals surface area contributed by atoms with Crippen LogP contribution in [0.1, 0.15) is 5.56 Å². The Balaban J connectivity index is 2.20. The lowest BCUT2D eigenvalue weighted by Gasteiger charge is -2.12. The van der Waals surface area contributed by atoms with Crippen LogP contribution in [0, 0.1) is 11.3 Å². The minimum atomic E-state index is 0.378. The summed E-state index contributed by atoms with van der Waals surface area (Å²) in [5.74, 6) is 1.04. The van der Waals surface area contributed by atoms with E-state index >= 15 is 0 Å². The van der Waals surface area contributed by atoms with Crippen molar-refractivity contribution < 1.29 is 4.74 Å².